The third-order valence-electron chi connectivity index (χ3n) is 6.41. The minimum absolute atomic E-state index is 0.0368. The van der Waals surface area contributed by atoms with Crippen LogP contribution in [0.4, 0.5) is 22.0 Å². The summed E-state index contributed by atoms with van der Waals surface area (Å²) in [7, 11) is 1.58. The topological polar surface area (TPSA) is 130 Å². The Morgan fingerprint density at radius 2 is 2.06 bits per heavy atom. The predicted octanol–water partition coefficient (Wildman–Crippen LogP) is 3.61. The number of nitrogen functional groups attached to an aromatic ring is 1. The lowest BCUT2D eigenvalue weighted by atomic mass is 10.0. The van der Waals surface area contributed by atoms with Gasteiger partial charge in [0.15, 0.2) is 0 Å². The normalized spacial score (nSPS) is 20.0. The van der Waals surface area contributed by atoms with Gasteiger partial charge in [0, 0.05) is 48.0 Å². The highest BCUT2D eigenvalue weighted by Gasteiger charge is 2.32. The van der Waals surface area contributed by atoms with Crippen molar-refractivity contribution in [2.45, 2.75) is 39.0 Å². The van der Waals surface area contributed by atoms with Crippen molar-refractivity contribution < 1.29 is 14.3 Å². The highest BCUT2D eigenvalue weighted by Crippen LogP contribution is 2.40. The Kier molecular flexibility index (Phi) is 6.20. The van der Waals surface area contributed by atoms with E-state index in [9.17, 15) is 4.79 Å². The van der Waals surface area contributed by atoms with E-state index in [2.05, 4.69) is 15.3 Å². The first-order valence-electron chi connectivity index (χ1n) is 11.6. The van der Waals surface area contributed by atoms with E-state index in [-0.39, 0.29) is 18.2 Å². The Hall–Kier alpha value is -3.44. The fourth-order valence-electron chi connectivity index (χ4n) is 4.85. The van der Waals surface area contributed by atoms with Crippen molar-refractivity contribution in [3.05, 3.63) is 34.5 Å². The van der Waals surface area contributed by atoms with Crippen LogP contribution in [0.1, 0.15) is 29.9 Å². The van der Waals surface area contributed by atoms with Gasteiger partial charge in [-0.15, -0.1) is 11.3 Å². The lowest BCUT2D eigenvalue weighted by molar-refractivity contribution is -0.0585. The maximum absolute atomic E-state index is 13.3. The zero-order valence-electron chi connectivity index (χ0n) is 20.0. The lowest BCUT2D eigenvalue weighted by Gasteiger charge is -2.39. The van der Waals surface area contributed by atoms with Gasteiger partial charge >= 0.3 is 6.03 Å². The van der Waals surface area contributed by atoms with Crippen molar-refractivity contribution in [2.75, 3.05) is 37.8 Å². The summed E-state index contributed by atoms with van der Waals surface area (Å²) in [6, 6.07) is 3.53. The summed E-state index contributed by atoms with van der Waals surface area (Å²) in [5, 5.41) is 12.0. The van der Waals surface area contributed by atoms with Crippen molar-refractivity contribution in [3.63, 3.8) is 0 Å². The van der Waals surface area contributed by atoms with Crippen LogP contribution >= 0.6 is 11.3 Å². The zero-order valence-corrected chi connectivity index (χ0v) is 20.8. The molecule has 1 saturated heterocycles. The van der Waals surface area contributed by atoms with Crippen LogP contribution in [0.25, 0.3) is 10.2 Å². The van der Waals surface area contributed by atoms with Crippen LogP contribution in [0.2, 0.25) is 0 Å². The molecule has 2 aliphatic rings. The van der Waals surface area contributed by atoms with Gasteiger partial charge in [0.2, 0.25) is 0 Å². The molecule has 10 nitrogen and oxygen atoms in total. The number of hydrogen-bond donors (Lipinski definition) is 3. The Morgan fingerprint density at radius 3 is 2.77 bits per heavy atom. The molecule has 184 valence electrons. The van der Waals surface area contributed by atoms with E-state index in [0.29, 0.717) is 54.7 Å². The van der Waals surface area contributed by atoms with E-state index in [4.69, 9.17) is 20.6 Å². The second-order valence-electron chi connectivity index (χ2n) is 8.97. The van der Waals surface area contributed by atoms with Gasteiger partial charge in [0.05, 0.1) is 36.9 Å². The number of hydrogen-bond acceptors (Lipinski definition) is 9. The van der Waals surface area contributed by atoms with Crippen molar-refractivity contribution in [1.29, 1.82) is 5.41 Å². The van der Waals surface area contributed by atoms with Gasteiger partial charge in [-0.2, -0.15) is 0 Å². The Bertz CT molecular complexity index is 1280. The number of urea groups is 1. The minimum atomic E-state index is 0.0368. The van der Waals surface area contributed by atoms with Gasteiger partial charge < -0.3 is 35.7 Å². The molecule has 4 N–H and O–H groups in total. The van der Waals surface area contributed by atoms with Crippen molar-refractivity contribution in [3.8, 4) is 5.75 Å². The quantitative estimate of drug-likeness (QED) is 0.372. The van der Waals surface area contributed by atoms with Crippen molar-refractivity contribution >= 4 is 51.0 Å². The van der Waals surface area contributed by atoms with E-state index in [1.165, 1.54) is 18.1 Å². The molecule has 5 rings (SSSR count). The summed E-state index contributed by atoms with van der Waals surface area (Å²) in [5.41, 5.74) is 8.91. The molecule has 2 amide bonds. The molecule has 0 aliphatic carbocycles. The number of nitrogens with two attached hydrogens (primary N) is 1. The van der Waals surface area contributed by atoms with Crippen LogP contribution in [0.5, 0.6) is 5.75 Å². The van der Waals surface area contributed by atoms with Gasteiger partial charge in [0.1, 0.15) is 22.7 Å². The number of nitrogens with zero attached hydrogens (tertiary/aromatic N) is 4. The van der Waals surface area contributed by atoms with E-state index >= 15 is 0 Å². The second kappa shape index (κ2) is 9.31. The average molecular weight is 496 g/mol. The number of anilines is 3. The van der Waals surface area contributed by atoms with Gasteiger partial charge in [-0.05, 0) is 31.9 Å². The first-order chi connectivity index (χ1) is 16.9. The molecule has 11 heteroatoms. The number of carbonyl (C=O) groups excluding carboxylic acids is 1. The lowest BCUT2D eigenvalue weighted by Crippen LogP contribution is -2.53. The number of morpholine rings is 1. The molecular formula is C24H29N7O3S. The van der Waals surface area contributed by atoms with Crippen LogP contribution in [0, 0.1) is 5.41 Å². The Labute approximate surface area is 207 Å². The minimum Gasteiger partial charge on any atom is -0.494 e. The smallest absolute Gasteiger partial charge is 0.320 e. The number of methoxy groups -OCH3 is 1. The monoisotopic (exact) mass is 495 g/mol. The molecule has 1 aromatic carbocycles. The predicted molar refractivity (Wildman–Crippen MR) is 137 cm³/mol. The third kappa shape index (κ3) is 4.37. The highest BCUT2D eigenvalue weighted by molar-refractivity contribution is 7.19. The third-order valence-corrected chi connectivity index (χ3v) is 7.54. The fourth-order valence-corrected chi connectivity index (χ4v) is 6.05. The van der Waals surface area contributed by atoms with E-state index in [1.807, 2.05) is 23.6 Å². The molecule has 2 aliphatic heterocycles. The van der Waals surface area contributed by atoms with Crippen molar-refractivity contribution in [1.82, 2.24) is 19.8 Å². The maximum Gasteiger partial charge on any atom is 0.320 e. The SMILES string of the molecule is COc1cc(N)c(C=N)cc1Nc1ncnc2sc3c(c12)CCN(C(=O)N1C[C@H](C)O[C@@H](C)C1)C3. The first-order valence-corrected chi connectivity index (χ1v) is 12.4. The summed E-state index contributed by atoms with van der Waals surface area (Å²) in [4.78, 5) is 28.1. The standard InChI is InChI=1S/C24H29N7O3S/c1-13-9-31(10-14(2)34-13)24(32)30-5-4-16-20(11-30)35-23-21(16)22(27-12-28-23)29-18-6-15(8-25)17(26)7-19(18)33-3/h6-8,12-14,25H,4-5,9-11,26H2,1-3H3,(H,27,28,29)/t13-,14-/m0/s1. The molecule has 1 fully saturated rings. The summed E-state index contributed by atoms with van der Waals surface area (Å²) in [6.45, 7) is 6.42. The fraction of sp³-hybridized carbons (Fsp3) is 0.417. The maximum atomic E-state index is 13.3. The van der Waals surface area contributed by atoms with Crippen molar-refractivity contribution in [2.24, 2.45) is 0 Å². The molecule has 2 aromatic heterocycles. The molecule has 0 saturated carbocycles. The van der Waals surface area contributed by atoms with Gasteiger partial charge in [0.25, 0.3) is 0 Å². The number of nitrogens with one attached hydrogen (secondary N) is 2. The number of fused-ring (bicyclic) bond motifs is 3. The van der Waals surface area contributed by atoms with E-state index in [1.54, 1.807) is 30.6 Å². The number of carbonyl (C=O) groups is 1. The summed E-state index contributed by atoms with van der Waals surface area (Å²) in [6.07, 6.45) is 3.55. The highest BCUT2D eigenvalue weighted by atomic mass is 32.1. The molecule has 35 heavy (non-hydrogen) atoms. The Balaban J connectivity index is 1.44. The molecule has 0 bridgehead atoms. The van der Waals surface area contributed by atoms with Crippen LogP contribution in [0.3, 0.4) is 0 Å². The van der Waals surface area contributed by atoms with E-state index in [0.717, 1.165) is 21.5 Å². The molecular weight excluding hydrogens is 466 g/mol. The number of thiophene rings is 1. The van der Waals surface area contributed by atoms with Gasteiger partial charge in [-0.1, -0.05) is 0 Å². The average Bonchev–Trinajstić information content (AvgIpc) is 3.22. The molecule has 2 atom stereocenters. The second-order valence-corrected chi connectivity index (χ2v) is 10.1. The number of amides is 2. The van der Waals surface area contributed by atoms with E-state index < -0.39 is 0 Å². The molecule has 0 spiro atoms. The summed E-state index contributed by atoms with van der Waals surface area (Å²) >= 11 is 1.60. The van der Waals surface area contributed by atoms with Crippen LogP contribution < -0.4 is 15.8 Å². The number of aromatic nitrogens is 2. The molecule has 4 heterocycles. The summed E-state index contributed by atoms with van der Waals surface area (Å²) < 4.78 is 11.3. The number of rotatable bonds is 4. The van der Waals surface area contributed by atoms with Crippen LogP contribution in [-0.2, 0) is 17.7 Å². The first kappa shape index (κ1) is 23.3. The van der Waals surface area contributed by atoms with Crippen LogP contribution in [-0.4, -0.2) is 71.0 Å². The Morgan fingerprint density at radius 1 is 1.29 bits per heavy atom. The molecule has 3 aromatic rings. The summed E-state index contributed by atoms with van der Waals surface area (Å²) in [5.74, 6) is 1.23. The number of benzene rings is 1. The largest absolute Gasteiger partial charge is 0.494 e. The van der Waals surface area contributed by atoms with Gasteiger partial charge in [-0.25, -0.2) is 14.8 Å². The molecule has 0 radical (unpaired) electrons. The van der Waals surface area contributed by atoms with Gasteiger partial charge in [-0.3, -0.25) is 0 Å². The number of ether oxygens (including phenoxy) is 2. The molecule has 0 unspecified atom stereocenters. The zero-order chi connectivity index (χ0) is 24.7. The van der Waals surface area contributed by atoms with Crippen LogP contribution in [0.15, 0.2) is 18.5 Å².